The highest BCUT2D eigenvalue weighted by atomic mass is 16.2. The molecule has 1 aromatic heterocycles. The second-order valence-electron chi connectivity index (χ2n) is 12.1. The molecule has 224 valence electrons. The molecule has 0 saturated carbocycles. The highest BCUT2D eigenvalue weighted by molar-refractivity contribution is 6.36. The summed E-state index contributed by atoms with van der Waals surface area (Å²) in [7, 11) is 0. The van der Waals surface area contributed by atoms with Gasteiger partial charge in [0.05, 0.1) is 27.7 Å². The molecule has 47 heavy (non-hydrogen) atoms. The standard InChI is InChI=1S/C39H23N3O5/c43-34-27-16-24-18-29-30(39(47)42(38(29)46)26-11-5-10-22(14-26)20-6-1-2-7-20)19-25(24)17-28(27)35(44)33(34)36-40-32-13-12-23(21-8-3-4-9-21)15-31(32)37(45)41-36/h1-6,8-19,21,33H,7H2,(H,40,41,45). The third kappa shape index (κ3) is 4.01. The number of hydrogen-bond acceptors (Lipinski definition) is 6. The van der Waals surface area contributed by atoms with Gasteiger partial charge >= 0.3 is 0 Å². The van der Waals surface area contributed by atoms with Crippen LogP contribution in [0.4, 0.5) is 5.69 Å². The van der Waals surface area contributed by atoms with Crippen molar-refractivity contribution in [3.05, 3.63) is 159 Å². The third-order valence-electron chi connectivity index (χ3n) is 9.44. The summed E-state index contributed by atoms with van der Waals surface area (Å²) < 4.78 is 0. The minimum atomic E-state index is -1.30. The lowest BCUT2D eigenvalue weighted by Gasteiger charge is -2.15. The Kier molecular flexibility index (Phi) is 5.68. The van der Waals surface area contributed by atoms with Crippen LogP contribution in [0.25, 0.3) is 27.2 Å². The molecule has 0 bridgehead atoms. The number of nitrogens with one attached hydrogen (secondary N) is 1. The van der Waals surface area contributed by atoms with E-state index in [9.17, 15) is 24.0 Å². The Balaban J connectivity index is 1.06. The number of imide groups is 1. The Hall–Kier alpha value is -6.28. The quantitative estimate of drug-likeness (QED) is 0.181. The number of amides is 2. The number of benzene rings is 4. The molecule has 5 aromatic rings. The summed E-state index contributed by atoms with van der Waals surface area (Å²) in [4.78, 5) is 76.2. The van der Waals surface area contributed by atoms with Crippen molar-refractivity contribution in [3.8, 4) is 0 Å². The predicted octanol–water partition coefficient (Wildman–Crippen LogP) is 6.59. The Morgan fingerprint density at radius 2 is 1.40 bits per heavy atom. The van der Waals surface area contributed by atoms with Crippen molar-refractivity contribution in [2.75, 3.05) is 4.90 Å². The van der Waals surface area contributed by atoms with Crippen molar-refractivity contribution in [1.29, 1.82) is 0 Å². The smallest absolute Gasteiger partial charge is 0.266 e. The summed E-state index contributed by atoms with van der Waals surface area (Å²) in [5.41, 5.74) is 4.23. The van der Waals surface area contributed by atoms with Gasteiger partial charge in [0.2, 0.25) is 0 Å². The number of aromatic nitrogens is 2. The van der Waals surface area contributed by atoms with E-state index in [4.69, 9.17) is 0 Å². The van der Waals surface area contributed by atoms with Crippen molar-refractivity contribution >= 4 is 56.3 Å². The number of Topliss-reactive ketones (excluding diaryl/α,β-unsaturated/α-hetero) is 2. The topological polar surface area (TPSA) is 117 Å². The van der Waals surface area contributed by atoms with Crippen molar-refractivity contribution in [2.24, 2.45) is 0 Å². The van der Waals surface area contributed by atoms with Crippen molar-refractivity contribution in [2.45, 2.75) is 18.3 Å². The van der Waals surface area contributed by atoms with Crippen LogP contribution in [0.1, 0.15) is 76.6 Å². The molecule has 0 saturated heterocycles. The third-order valence-corrected chi connectivity index (χ3v) is 9.44. The van der Waals surface area contributed by atoms with Gasteiger partial charge in [-0.3, -0.25) is 24.0 Å². The van der Waals surface area contributed by atoms with Crippen LogP contribution in [0.15, 0.2) is 114 Å². The van der Waals surface area contributed by atoms with Gasteiger partial charge in [-0.25, -0.2) is 9.88 Å². The van der Waals surface area contributed by atoms with Gasteiger partial charge in [-0.05, 0) is 82.4 Å². The van der Waals surface area contributed by atoms with E-state index < -0.39 is 34.9 Å². The van der Waals surface area contributed by atoms with Crippen LogP contribution in [0.5, 0.6) is 0 Å². The molecule has 8 heteroatoms. The number of carbonyl (C=O) groups is 4. The summed E-state index contributed by atoms with van der Waals surface area (Å²) in [5.74, 6) is -3.12. The number of fused-ring (bicyclic) bond motifs is 4. The first-order valence-electron chi connectivity index (χ1n) is 15.3. The number of anilines is 1. The summed E-state index contributed by atoms with van der Waals surface area (Å²) >= 11 is 0. The monoisotopic (exact) mass is 613 g/mol. The number of allylic oxidation sites excluding steroid dienone is 8. The number of hydrogen-bond donors (Lipinski definition) is 1. The molecule has 0 fully saturated rings. The van der Waals surface area contributed by atoms with E-state index in [2.05, 4.69) is 9.97 Å². The van der Waals surface area contributed by atoms with Gasteiger partial charge in [0.25, 0.3) is 17.4 Å². The van der Waals surface area contributed by atoms with E-state index in [1.807, 2.05) is 66.8 Å². The largest absolute Gasteiger partial charge is 0.309 e. The molecule has 3 aliphatic carbocycles. The molecular weight excluding hydrogens is 590 g/mol. The summed E-state index contributed by atoms with van der Waals surface area (Å²) in [6.45, 7) is 0. The lowest BCUT2D eigenvalue weighted by Crippen LogP contribution is -2.29. The zero-order chi connectivity index (χ0) is 32.0. The SMILES string of the molecule is O=C1c2cc3cc4c(cc3cc2C(=O)C1c1nc2ccc(C3C=CC=C3)cc2c(=O)[nH]1)C(=O)N(c1cccc(C2=CC=CC2)c1)C4=O. The minimum absolute atomic E-state index is 0.0129. The van der Waals surface area contributed by atoms with Crippen LogP contribution in [-0.4, -0.2) is 33.3 Å². The maximum absolute atomic E-state index is 13.7. The number of ketones is 2. The Labute approximate surface area is 267 Å². The first-order chi connectivity index (χ1) is 22.9. The van der Waals surface area contributed by atoms with E-state index in [1.165, 1.54) is 4.90 Å². The predicted molar refractivity (Wildman–Crippen MR) is 178 cm³/mol. The van der Waals surface area contributed by atoms with Crippen molar-refractivity contribution in [3.63, 3.8) is 0 Å². The summed E-state index contributed by atoms with van der Waals surface area (Å²) in [6.07, 6.45) is 14.8. The Morgan fingerprint density at radius 1 is 0.723 bits per heavy atom. The molecule has 4 aliphatic rings. The molecule has 0 radical (unpaired) electrons. The molecule has 0 atom stereocenters. The first kappa shape index (κ1) is 27.1. The molecule has 0 spiro atoms. The van der Waals surface area contributed by atoms with Gasteiger partial charge in [-0.2, -0.15) is 0 Å². The molecule has 2 amide bonds. The van der Waals surface area contributed by atoms with E-state index in [-0.39, 0.29) is 34.0 Å². The minimum Gasteiger partial charge on any atom is -0.309 e. The molecule has 9 rings (SSSR count). The fourth-order valence-corrected chi connectivity index (χ4v) is 7.04. The van der Waals surface area contributed by atoms with Crippen LogP contribution in [0.3, 0.4) is 0 Å². The number of H-pyrrole nitrogens is 1. The van der Waals surface area contributed by atoms with Gasteiger partial charge in [0, 0.05) is 17.0 Å². The van der Waals surface area contributed by atoms with Crippen LogP contribution in [0, 0.1) is 0 Å². The molecule has 8 nitrogen and oxygen atoms in total. The van der Waals surface area contributed by atoms with Gasteiger partial charge in [0.15, 0.2) is 11.6 Å². The van der Waals surface area contributed by atoms with Crippen LogP contribution < -0.4 is 10.5 Å². The zero-order valence-corrected chi connectivity index (χ0v) is 24.7. The second kappa shape index (κ2) is 9.86. The van der Waals surface area contributed by atoms with Gasteiger partial charge in [-0.1, -0.05) is 60.7 Å². The second-order valence-corrected chi connectivity index (χ2v) is 12.1. The maximum Gasteiger partial charge on any atom is 0.266 e. The zero-order valence-electron chi connectivity index (χ0n) is 24.7. The van der Waals surface area contributed by atoms with E-state index in [0.29, 0.717) is 27.4 Å². The van der Waals surface area contributed by atoms with Gasteiger partial charge in [-0.15, -0.1) is 0 Å². The molecule has 0 unspecified atom stereocenters. The van der Waals surface area contributed by atoms with Gasteiger partial charge in [0.1, 0.15) is 11.7 Å². The highest BCUT2D eigenvalue weighted by Crippen LogP contribution is 2.38. The Morgan fingerprint density at radius 3 is 2.06 bits per heavy atom. The van der Waals surface area contributed by atoms with E-state index in [0.717, 1.165) is 23.1 Å². The van der Waals surface area contributed by atoms with Crippen LogP contribution >= 0.6 is 0 Å². The fraction of sp³-hybridized carbons (Fsp3) is 0.0769. The van der Waals surface area contributed by atoms with Gasteiger partial charge < -0.3 is 4.98 Å². The molecule has 2 heterocycles. The van der Waals surface area contributed by atoms with Crippen LogP contribution in [0.2, 0.25) is 0 Å². The molecule has 1 N–H and O–H groups in total. The van der Waals surface area contributed by atoms with Crippen molar-refractivity contribution < 1.29 is 19.2 Å². The lowest BCUT2D eigenvalue weighted by atomic mass is 9.98. The summed E-state index contributed by atoms with van der Waals surface area (Å²) in [5, 5.41) is 1.47. The molecule has 1 aliphatic heterocycles. The average Bonchev–Trinajstić information content (AvgIpc) is 3.89. The Bertz CT molecular complexity index is 2430. The molecular formula is C39H23N3O5. The van der Waals surface area contributed by atoms with E-state index in [1.54, 1.807) is 42.5 Å². The fourth-order valence-electron chi connectivity index (χ4n) is 7.04. The highest BCUT2D eigenvalue weighted by Gasteiger charge is 2.43. The maximum atomic E-state index is 13.7. The molecule has 4 aromatic carbocycles. The number of aromatic amines is 1. The lowest BCUT2D eigenvalue weighted by molar-refractivity contribution is 0.0880. The average molecular weight is 614 g/mol. The number of carbonyl (C=O) groups excluding carboxylic acids is 4. The normalized spacial score (nSPS) is 17.2. The van der Waals surface area contributed by atoms with E-state index >= 15 is 0 Å². The first-order valence-corrected chi connectivity index (χ1v) is 15.3. The van der Waals surface area contributed by atoms with Crippen molar-refractivity contribution in [1.82, 2.24) is 9.97 Å². The van der Waals surface area contributed by atoms with Crippen LogP contribution in [-0.2, 0) is 0 Å². The number of nitrogens with zero attached hydrogens (tertiary/aromatic N) is 2. The number of rotatable bonds is 4. The summed E-state index contributed by atoms with van der Waals surface area (Å²) in [6, 6.07) is 19.1.